The first-order chi connectivity index (χ1) is 8.09. The van der Waals surface area contributed by atoms with E-state index >= 15 is 0 Å². The zero-order valence-electron chi connectivity index (χ0n) is 10.3. The molecule has 0 atom stereocenters. The molecule has 0 amide bonds. The molecule has 5 heteroatoms. The van der Waals surface area contributed by atoms with Crippen LogP contribution in [0.3, 0.4) is 0 Å². The van der Waals surface area contributed by atoms with Crippen molar-refractivity contribution in [3.8, 4) is 0 Å². The number of nitrogens with zero attached hydrogens (tertiary/aromatic N) is 3. The second-order valence-electron chi connectivity index (χ2n) is 4.39. The average Bonchev–Trinajstić information content (AvgIpc) is 2.64. The molecular formula is C12H16N4S. The summed E-state index contributed by atoms with van der Waals surface area (Å²) in [7, 11) is 0. The number of nitrogens with one attached hydrogen (secondary N) is 1. The fraction of sp³-hybridized carbons (Fsp3) is 0.417. The van der Waals surface area contributed by atoms with Crippen LogP contribution in [0.2, 0.25) is 0 Å². The smallest absolute Gasteiger partial charge is 0.195 e. The molecule has 0 aliphatic heterocycles. The van der Waals surface area contributed by atoms with Crippen LogP contribution in [0.4, 0.5) is 0 Å². The third kappa shape index (κ3) is 2.44. The molecule has 2 aromatic heterocycles. The van der Waals surface area contributed by atoms with Crippen LogP contribution in [-0.4, -0.2) is 19.7 Å². The average molecular weight is 248 g/mol. The minimum absolute atomic E-state index is 0.340. The van der Waals surface area contributed by atoms with Crippen LogP contribution in [0.25, 0.3) is 0 Å². The Morgan fingerprint density at radius 3 is 2.88 bits per heavy atom. The molecule has 4 nitrogen and oxygen atoms in total. The second-order valence-corrected chi connectivity index (χ2v) is 4.78. The second kappa shape index (κ2) is 4.79. The lowest BCUT2D eigenvalue weighted by Crippen LogP contribution is -2.09. The van der Waals surface area contributed by atoms with Crippen LogP contribution < -0.4 is 0 Å². The quantitative estimate of drug-likeness (QED) is 0.850. The Balaban J connectivity index is 2.40. The van der Waals surface area contributed by atoms with E-state index in [1.807, 2.05) is 10.6 Å². The molecule has 0 saturated heterocycles. The Morgan fingerprint density at radius 1 is 1.47 bits per heavy atom. The van der Waals surface area contributed by atoms with Crippen molar-refractivity contribution in [2.75, 3.05) is 0 Å². The first-order valence-electron chi connectivity index (χ1n) is 5.65. The van der Waals surface area contributed by atoms with Gasteiger partial charge in [0, 0.05) is 12.1 Å². The third-order valence-corrected chi connectivity index (χ3v) is 3.04. The van der Waals surface area contributed by atoms with Crippen molar-refractivity contribution in [1.29, 1.82) is 0 Å². The predicted octanol–water partition coefficient (Wildman–Crippen LogP) is 2.82. The highest BCUT2D eigenvalue weighted by Crippen LogP contribution is 2.14. The Kier molecular flexibility index (Phi) is 3.38. The summed E-state index contributed by atoms with van der Waals surface area (Å²) >= 11 is 5.25. The van der Waals surface area contributed by atoms with E-state index < -0.39 is 0 Å². The van der Waals surface area contributed by atoms with Crippen molar-refractivity contribution in [2.24, 2.45) is 0 Å². The summed E-state index contributed by atoms with van der Waals surface area (Å²) in [6.07, 6.45) is 1.81. The number of hydrogen-bond acceptors (Lipinski definition) is 3. The van der Waals surface area contributed by atoms with Gasteiger partial charge in [0.25, 0.3) is 0 Å². The fourth-order valence-electron chi connectivity index (χ4n) is 1.76. The van der Waals surface area contributed by atoms with Gasteiger partial charge in [-0.1, -0.05) is 19.9 Å². The fourth-order valence-corrected chi connectivity index (χ4v) is 1.96. The van der Waals surface area contributed by atoms with Gasteiger partial charge in [-0.05, 0) is 30.8 Å². The van der Waals surface area contributed by atoms with Gasteiger partial charge < -0.3 is 0 Å². The van der Waals surface area contributed by atoms with Crippen molar-refractivity contribution < 1.29 is 0 Å². The molecule has 0 spiro atoms. The van der Waals surface area contributed by atoms with Gasteiger partial charge in [0.2, 0.25) is 0 Å². The molecule has 1 N–H and O–H groups in total. The minimum Gasteiger partial charge on any atom is -0.298 e. The van der Waals surface area contributed by atoms with Gasteiger partial charge in [-0.15, -0.1) is 0 Å². The number of rotatable bonds is 3. The maximum Gasteiger partial charge on any atom is 0.195 e. The third-order valence-electron chi connectivity index (χ3n) is 2.73. The first kappa shape index (κ1) is 12.0. The minimum atomic E-state index is 0.340. The topological polar surface area (TPSA) is 46.5 Å². The van der Waals surface area contributed by atoms with Crippen molar-refractivity contribution in [1.82, 2.24) is 19.7 Å². The van der Waals surface area contributed by atoms with Gasteiger partial charge >= 0.3 is 0 Å². The zero-order valence-corrected chi connectivity index (χ0v) is 11.1. The van der Waals surface area contributed by atoms with Crippen LogP contribution >= 0.6 is 12.2 Å². The molecule has 0 aromatic carbocycles. The SMILES string of the molecule is Cc1cccnc1Cn1c(C(C)C)n[nH]c1=S. The molecule has 0 saturated carbocycles. The summed E-state index contributed by atoms with van der Waals surface area (Å²) < 4.78 is 2.66. The summed E-state index contributed by atoms with van der Waals surface area (Å²) in [6, 6.07) is 4.00. The normalized spacial score (nSPS) is 11.1. The molecular weight excluding hydrogens is 232 g/mol. The monoisotopic (exact) mass is 248 g/mol. The highest BCUT2D eigenvalue weighted by Gasteiger charge is 2.11. The first-order valence-corrected chi connectivity index (χ1v) is 6.06. The molecule has 90 valence electrons. The van der Waals surface area contributed by atoms with Crippen LogP contribution in [0, 0.1) is 11.7 Å². The molecule has 0 fully saturated rings. The van der Waals surface area contributed by atoms with Gasteiger partial charge in [-0.3, -0.25) is 14.6 Å². The summed E-state index contributed by atoms with van der Waals surface area (Å²) in [5.74, 6) is 1.31. The van der Waals surface area contributed by atoms with Crippen LogP contribution in [0.15, 0.2) is 18.3 Å². The van der Waals surface area contributed by atoms with E-state index in [1.165, 1.54) is 5.56 Å². The summed E-state index contributed by atoms with van der Waals surface area (Å²) in [5, 5.41) is 7.11. The van der Waals surface area contributed by atoms with E-state index in [4.69, 9.17) is 12.2 Å². The summed E-state index contributed by atoms with van der Waals surface area (Å²) in [6.45, 7) is 6.94. The van der Waals surface area contributed by atoms with Crippen molar-refractivity contribution in [3.63, 3.8) is 0 Å². The molecule has 2 heterocycles. The lowest BCUT2D eigenvalue weighted by molar-refractivity contribution is 0.654. The van der Waals surface area contributed by atoms with Crippen LogP contribution in [-0.2, 0) is 6.54 Å². The van der Waals surface area contributed by atoms with Crippen LogP contribution in [0.1, 0.15) is 36.8 Å². The van der Waals surface area contributed by atoms with E-state index in [0.717, 1.165) is 11.5 Å². The molecule has 0 aliphatic carbocycles. The number of aromatic nitrogens is 4. The molecule has 0 bridgehead atoms. The van der Waals surface area contributed by atoms with Crippen molar-refractivity contribution in [2.45, 2.75) is 33.2 Å². The standard InChI is InChI=1S/C12H16N4S/c1-8(2)11-14-15-12(17)16(11)7-10-9(3)5-4-6-13-10/h4-6,8H,7H2,1-3H3,(H,15,17). The number of aromatic amines is 1. The molecule has 0 radical (unpaired) electrons. The number of pyridine rings is 1. The highest BCUT2D eigenvalue weighted by molar-refractivity contribution is 7.71. The number of H-pyrrole nitrogens is 1. The maximum absolute atomic E-state index is 5.25. The van der Waals surface area contributed by atoms with E-state index in [0.29, 0.717) is 17.2 Å². The molecule has 17 heavy (non-hydrogen) atoms. The number of aryl methyl sites for hydroxylation is 1. The van der Waals surface area contributed by atoms with Crippen molar-refractivity contribution in [3.05, 3.63) is 40.2 Å². The lowest BCUT2D eigenvalue weighted by Gasteiger charge is -2.10. The maximum atomic E-state index is 5.25. The largest absolute Gasteiger partial charge is 0.298 e. The van der Waals surface area contributed by atoms with E-state index in [1.54, 1.807) is 6.20 Å². The molecule has 2 rings (SSSR count). The Hall–Kier alpha value is -1.49. The summed E-state index contributed by atoms with van der Waals surface area (Å²) in [4.78, 5) is 4.39. The zero-order chi connectivity index (χ0) is 12.4. The molecule has 0 unspecified atom stereocenters. The van der Waals surface area contributed by atoms with Gasteiger partial charge in [0.15, 0.2) is 4.77 Å². The van der Waals surface area contributed by atoms with E-state index in [-0.39, 0.29) is 0 Å². The molecule has 2 aromatic rings. The van der Waals surface area contributed by atoms with Gasteiger partial charge in [0.1, 0.15) is 5.82 Å². The van der Waals surface area contributed by atoms with Gasteiger partial charge in [-0.2, -0.15) is 5.10 Å². The van der Waals surface area contributed by atoms with Crippen LogP contribution in [0.5, 0.6) is 0 Å². The Bertz CT molecular complexity index is 568. The van der Waals surface area contributed by atoms with Gasteiger partial charge in [0.05, 0.1) is 12.2 Å². The van der Waals surface area contributed by atoms with Gasteiger partial charge in [-0.25, -0.2) is 0 Å². The summed E-state index contributed by atoms with van der Waals surface area (Å²) in [5.41, 5.74) is 2.21. The van der Waals surface area contributed by atoms with Crippen molar-refractivity contribution >= 4 is 12.2 Å². The highest BCUT2D eigenvalue weighted by atomic mass is 32.1. The molecule has 0 aliphatic rings. The Morgan fingerprint density at radius 2 is 2.24 bits per heavy atom. The lowest BCUT2D eigenvalue weighted by atomic mass is 10.2. The predicted molar refractivity (Wildman–Crippen MR) is 69.6 cm³/mol. The van der Waals surface area contributed by atoms with E-state index in [2.05, 4.69) is 42.0 Å². The Labute approximate surface area is 106 Å². The van der Waals surface area contributed by atoms with E-state index in [9.17, 15) is 0 Å². The number of hydrogen-bond donors (Lipinski definition) is 1.